The number of hydrogen-bond donors (Lipinski definition) is 2. The van der Waals surface area contributed by atoms with Gasteiger partial charge in [-0.05, 0) is 25.0 Å². The first-order valence-corrected chi connectivity index (χ1v) is 7.65. The number of nitrogens with zero attached hydrogens (tertiary/aromatic N) is 3. The van der Waals surface area contributed by atoms with Crippen LogP contribution in [0.3, 0.4) is 0 Å². The lowest BCUT2D eigenvalue weighted by molar-refractivity contribution is -0.125. The molecule has 1 aromatic heterocycles. The van der Waals surface area contributed by atoms with Gasteiger partial charge < -0.3 is 10.2 Å². The predicted octanol–water partition coefficient (Wildman–Crippen LogP) is 1.07. The third-order valence-electron chi connectivity index (χ3n) is 4.20. The fourth-order valence-electron chi connectivity index (χ4n) is 2.88. The number of H-pyrrole nitrogens is 1. The Morgan fingerprint density at radius 2 is 2.09 bits per heavy atom. The molecule has 0 unspecified atom stereocenters. The molecule has 2 aromatic rings. The van der Waals surface area contributed by atoms with Gasteiger partial charge in [-0.3, -0.25) is 14.7 Å². The molecule has 23 heavy (non-hydrogen) atoms. The summed E-state index contributed by atoms with van der Waals surface area (Å²) in [5.41, 5.74) is 1.45. The Morgan fingerprint density at radius 3 is 2.74 bits per heavy atom. The molecule has 120 valence electrons. The number of carbonyl (C=O) groups is 2. The topological polar surface area (TPSA) is 91.0 Å². The van der Waals surface area contributed by atoms with Crippen LogP contribution in [0.1, 0.15) is 23.2 Å². The van der Waals surface area contributed by atoms with Crippen molar-refractivity contribution < 1.29 is 9.59 Å². The Bertz CT molecular complexity index is 690. The number of hydrogen-bond acceptors (Lipinski definition) is 4. The lowest BCUT2D eigenvalue weighted by Gasteiger charge is -2.31. The summed E-state index contributed by atoms with van der Waals surface area (Å²) in [5.74, 6) is 0.689. The Kier molecular flexibility index (Phi) is 4.36. The molecule has 1 aliphatic rings. The van der Waals surface area contributed by atoms with Crippen molar-refractivity contribution in [3.8, 4) is 11.4 Å². The molecule has 0 radical (unpaired) electrons. The maximum Gasteiger partial charge on any atom is 0.253 e. The second-order valence-electron chi connectivity index (χ2n) is 5.60. The molecule has 0 spiro atoms. The van der Waals surface area contributed by atoms with Crippen LogP contribution in [0, 0.1) is 5.92 Å². The van der Waals surface area contributed by atoms with Gasteiger partial charge in [0.05, 0.1) is 0 Å². The van der Waals surface area contributed by atoms with E-state index in [4.69, 9.17) is 0 Å². The lowest BCUT2D eigenvalue weighted by atomic mass is 9.95. The van der Waals surface area contributed by atoms with Gasteiger partial charge in [-0.2, -0.15) is 5.10 Å². The highest BCUT2D eigenvalue weighted by atomic mass is 16.2. The third kappa shape index (κ3) is 3.23. The summed E-state index contributed by atoms with van der Waals surface area (Å²) in [6, 6.07) is 7.33. The summed E-state index contributed by atoms with van der Waals surface area (Å²) in [5, 5.41) is 9.29. The highest BCUT2D eigenvalue weighted by molar-refractivity contribution is 5.95. The number of aromatic amines is 1. The van der Waals surface area contributed by atoms with Gasteiger partial charge in [-0.1, -0.05) is 12.1 Å². The Balaban J connectivity index is 1.70. The summed E-state index contributed by atoms with van der Waals surface area (Å²) >= 11 is 0. The van der Waals surface area contributed by atoms with E-state index in [1.807, 2.05) is 18.2 Å². The van der Waals surface area contributed by atoms with Crippen molar-refractivity contribution in [3.63, 3.8) is 0 Å². The van der Waals surface area contributed by atoms with Gasteiger partial charge >= 0.3 is 0 Å². The molecule has 1 aromatic carbocycles. The van der Waals surface area contributed by atoms with Crippen molar-refractivity contribution in [1.82, 2.24) is 25.4 Å². The molecule has 0 saturated carbocycles. The fraction of sp³-hybridized carbons (Fsp3) is 0.375. The maximum absolute atomic E-state index is 12.6. The number of aromatic nitrogens is 3. The minimum atomic E-state index is -0.0123. The van der Waals surface area contributed by atoms with Gasteiger partial charge in [0.2, 0.25) is 5.91 Å². The Morgan fingerprint density at radius 1 is 1.30 bits per heavy atom. The molecule has 7 heteroatoms. The third-order valence-corrected chi connectivity index (χ3v) is 4.20. The SMILES string of the molecule is CNC(=O)C1CCN(C(=O)c2cccc(-c3ncn[nH]3)c2)CC1. The van der Waals surface area contributed by atoms with E-state index < -0.39 is 0 Å². The molecule has 0 aliphatic carbocycles. The molecule has 0 atom stereocenters. The minimum absolute atomic E-state index is 0.00424. The zero-order valence-corrected chi connectivity index (χ0v) is 13.0. The van der Waals surface area contributed by atoms with Crippen molar-refractivity contribution in [3.05, 3.63) is 36.2 Å². The van der Waals surface area contributed by atoms with Crippen molar-refractivity contribution >= 4 is 11.8 Å². The molecule has 7 nitrogen and oxygen atoms in total. The molecule has 1 fully saturated rings. The van der Waals surface area contributed by atoms with Crippen LogP contribution < -0.4 is 5.32 Å². The Labute approximate surface area is 134 Å². The minimum Gasteiger partial charge on any atom is -0.359 e. The molecule has 0 bridgehead atoms. The number of likely N-dealkylation sites (tertiary alicyclic amines) is 1. The van der Waals surface area contributed by atoms with E-state index in [0.717, 1.165) is 5.56 Å². The molecular weight excluding hydrogens is 294 g/mol. The summed E-state index contributed by atoms with van der Waals surface area (Å²) in [4.78, 5) is 30.2. The van der Waals surface area contributed by atoms with Gasteiger partial charge in [0.15, 0.2) is 5.82 Å². The van der Waals surface area contributed by atoms with Crippen LogP contribution in [0.4, 0.5) is 0 Å². The fourth-order valence-corrected chi connectivity index (χ4v) is 2.88. The van der Waals surface area contributed by atoms with Crippen molar-refractivity contribution in [1.29, 1.82) is 0 Å². The highest BCUT2D eigenvalue weighted by Gasteiger charge is 2.27. The quantitative estimate of drug-likeness (QED) is 0.887. The Hall–Kier alpha value is -2.70. The van der Waals surface area contributed by atoms with Crippen LogP contribution in [0.25, 0.3) is 11.4 Å². The van der Waals surface area contributed by atoms with Crippen LogP contribution >= 0.6 is 0 Å². The van der Waals surface area contributed by atoms with Crippen LogP contribution in [-0.2, 0) is 4.79 Å². The van der Waals surface area contributed by atoms with Gasteiger partial charge in [-0.25, -0.2) is 4.98 Å². The second kappa shape index (κ2) is 6.60. The average Bonchev–Trinajstić information content (AvgIpc) is 3.15. The normalized spacial score (nSPS) is 15.4. The number of rotatable bonds is 3. The molecule has 2 amide bonds. The number of piperidine rings is 1. The van der Waals surface area contributed by atoms with Gasteiger partial charge in [0.25, 0.3) is 5.91 Å². The van der Waals surface area contributed by atoms with Crippen molar-refractivity contribution in [2.45, 2.75) is 12.8 Å². The highest BCUT2D eigenvalue weighted by Crippen LogP contribution is 2.21. The molecule has 3 rings (SSSR count). The number of nitrogens with one attached hydrogen (secondary N) is 2. The zero-order valence-electron chi connectivity index (χ0n) is 13.0. The zero-order chi connectivity index (χ0) is 16.2. The first-order valence-electron chi connectivity index (χ1n) is 7.65. The molecule has 1 saturated heterocycles. The molecule has 2 N–H and O–H groups in total. The van der Waals surface area contributed by atoms with Crippen molar-refractivity contribution in [2.75, 3.05) is 20.1 Å². The van der Waals surface area contributed by atoms with E-state index in [-0.39, 0.29) is 17.7 Å². The maximum atomic E-state index is 12.6. The van der Waals surface area contributed by atoms with Crippen LogP contribution in [0.15, 0.2) is 30.6 Å². The van der Waals surface area contributed by atoms with Crippen LogP contribution in [-0.4, -0.2) is 52.0 Å². The monoisotopic (exact) mass is 313 g/mol. The van der Waals surface area contributed by atoms with E-state index in [9.17, 15) is 9.59 Å². The lowest BCUT2D eigenvalue weighted by Crippen LogP contribution is -2.42. The van der Waals surface area contributed by atoms with Crippen LogP contribution in [0.2, 0.25) is 0 Å². The smallest absolute Gasteiger partial charge is 0.253 e. The van der Waals surface area contributed by atoms with Gasteiger partial charge in [-0.15, -0.1) is 0 Å². The first-order chi connectivity index (χ1) is 11.2. The summed E-state index contributed by atoms with van der Waals surface area (Å²) < 4.78 is 0. The van der Waals surface area contributed by atoms with Crippen LogP contribution in [0.5, 0.6) is 0 Å². The van der Waals surface area contributed by atoms with E-state index in [2.05, 4.69) is 20.5 Å². The second-order valence-corrected chi connectivity index (χ2v) is 5.60. The number of amides is 2. The summed E-state index contributed by atoms with van der Waals surface area (Å²) in [7, 11) is 1.65. The average molecular weight is 313 g/mol. The predicted molar refractivity (Wildman–Crippen MR) is 84.5 cm³/mol. The molecule has 1 aliphatic heterocycles. The van der Waals surface area contributed by atoms with E-state index >= 15 is 0 Å². The molecular formula is C16H19N5O2. The largest absolute Gasteiger partial charge is 0.359 e. The van der Waals surface area contributed by atoms with Gasteiger partial charge in [0, 0.05) is 37.2 Å². The van der Waals surface area contributed by atoms with Crippen molar-refractivity contribution in [2.24, 2.45) is 5.92 Å². The van der Waals surface area contributed by atoms with E-state index in [1.54, 1.807) is 18.0 Å². The van der Waals surface area contributed by atoms with E-state index in [1.165, 1.54) is 6.33 Å². The summed E-state index contributed by atoms with van der Waals surface area (Å²) in [6.45, 7) is 1.20. The summed E-state index contributed by atoms with van der Waals surface area (Å²) in [6.07, 6.45) is 2.84. The first kappa shape index (κ1) is 15.2. The van der Waals surface area contributed by atoms with Gasteiger partial charge in [0.1, 0.15) is 6.33 Å². The standard InChI is InChI=1S/C16H19N5O2/c1-17-15(22)11-5-7-21(8-6-11)16(23)13-4-2-3-12(9-13)14-18-10-19-20-14/h2-4,9-11H,5-8H2,1H3,(H,17,22)(H,18,19,20). The molecule has 2 heterocycles. The number of carbonyl (C=O) groups excluding carboxylic acids is 2. The van der Waals surface area contributed by atoms with E-state index in [0.29, 0.717) is 37.3 Å². The number of benzene rings is 1.